The Morgan fingerprint density at radius 2 is 1.87 bits per heavy atom. The Labute approximate surface area is 86.4 Å². The molecule has 1 nitrogen and oxygen atoms in total. The maximum absolute atomic E-state index is 13.1. The second kappa shape index (κ2) is 3.59. The number of alkyl halides is 2. The van der Waals surface area contributed by atoms with E-state index in [1.165, 1.54) is 6.08 Å². The fraction of sp³-hybridized carbons (Fsp3) is 0.167. The molecule has 0 aliphatic heterocycles. The van der Waals surface area contributed by atoms with Gasteiger partial charge in [0.1, 0.15) is 0 Å². The summed E-state index contributed by atoms with van der Waals surface area (Å²) >= 11 is 0. The van der Waals surface area contributed by atoms with Crippen LogP contribution in [-0.2, 0) is 0 Å². The second-order valence-electron chi connectivity index (χ2n) is 3.45. The Bertz CT molecular complexity index is 407. The van der Waals surface area contributed by atoms with Crippen molar-refractivity contribution in [3.63, 3.8) is 0 Å². The largest absolute Gasteiger partial charge is 0.356 e. The number of halogens is 2. The van der Waals surface area contributed by atoms with Crippen molar-refractivity contribution in [1.82, 2.24) is 0 Å². The summed E-state index contributed by atoms with van der Waals surface area (Å²) in [6.07, 6.45) is 1.28. The molecule has 0 radical (unpaired) electrons. The van der Waals surface area contributed by atoms with Crippen LogP contribution in [0, 0.1) is 0 Å². The molecule has 2 unspecified atom stereocenters. The van der Waals surface area contributed by atoms with Gasteiger partial charge in [-0.1, -0.05) is 36.4 Å². The van der Waals surface area contributed by atoms with Gasteiger partial charge in [-0.25, -0.2) is 8.78 Å². The van der Waals surface area contributed by atoms with E-state index in [9.17, 15) is 8.78 Å². The number of hydrogen-bond acceptors (Lipinski definition) is 1. The Balaban J connectivity index is 2.32. The van der Waals surface area contributed by atoms with Gasteiger partial charge < -0.3 is 5.11 Å². The molecule has 1 aromatic carbocycles. The number of allylic oxidation sites excluding steroid dienone is 2. The number of rotatable bonds is 1. The Morgan fingerprint density at radius 3 is 2.47 bits per heavy atom. The van der Waals surface area contributed by atoms with Gasteiger partial charge in [-0.3, -0.25) is 0 Å². The van der Waals surface area contributed by atoms with Gasteiger partial charge in [0, 0.05) is 0 Å². The van der Waals surface area contributed by atoms with Gasteiger partial charge in [-0.05, 0) is 23.3 Å². The van der Waals surface area contributed by atoms with E-state index in [0.717, 1.165) is 17.7 Å². The van der Waals surface area contributed by atoms with Crippen LogP contribution in [0.25, 0.3) is 5.57 Å². The van der Waals surface area contributed by atoms with Crippen LogP contribution in [0.1, 0.15) is 5.56 Å². The van der Waals surface area contributed by atoms with Crippen molar-refractivity contribution >= 4 is 5.57 Å². The van der Waals surface area contributed by atoms with Crippen LogP contribution in [0.2, 0.25) is 0 Å². The van der Waals surface area contributed by atoms with E-state index in [0.29, 0.717) is 5.57 Å². The van der Waals surface area contributed by atoms with Gasteiger partial charge in [0.05, 0.1) is 0 Å². The SMILES string of the molecule is OC1(F)C=CC(c2ccccc2)=CC1F. The lowest BCUT2D eigenvalue weighted by Crippen LogP contribution is -2.32. The van der Waals surface area contributed by atoms with E-state index in [2.05, 4.69) is 0 Å². The predicted octanol–water partition coefficient (Wildman–Crippen LogP) is 2.64. The van der Waals surface area contributed by atoms with Crippen LogP contribution >= 0.6 is 0 Å². The average molecular weight is 208 g/mol. The molecule has 1 N–H and O–H groups in total. The highest BCUT2D eigenvalue weighted by molar-refractivity contribution is 5.75. The third kappa shape index (κ3) is 1.97. The maximum Gasteiger partial charge on any atom is 0.261 e. The van der Waals surface area contributed by atoms with Crippen LogP contribution in [0.15, 0.2) is 48.6 Å². The molecular formula is C12H10F2O. The molecule has 1 aliphatic rings. The molecule has 0 spiro atoms. The Kier molecular flexibility index (Phi) is 2.40. The first kappa shape index (κ1) is 10.1. The van der Waals surface area contributed by atoms with Crippen molar-refractivity contribution < 1.29 is 13.9 Å². The summed E-state index contributed by atoms with van der Waals surface area (Å²) in [5, 5.41) is 8.93. The predicted molar refractivity (Wildman–Crippen MR) is 54.5 cm³/mol. The molecule has 15 heavy (non-hydrogen) atoms. The lowest BCUT2D eigenvalue weighted by atomic mass is 9.96. The van der Waals surface area contributed by atoms with Crippen molar-refractivity contribution in [2.75, 3.05) is 0 Å². The molecule has 2 atom stereocenters. The first-order valence-electron chi connectivity index (χ1n) is 4.61. The van der Waals surface area contributed by atoms with Crippen LogP contribution in [0.5, 0.6) is 0 Å². The normalized spacial score (nSPS) is 30.1. The van der Waals surface area contributed by atoms with Crippen molar-refractivity contribution in [1.29, 1.82) is 0 Å². The summed E-state index contributed by atoms with van der Waals surface area (Å²) in [7, 11) is 0. The minimum atomic E-state index is -2.88. The molecule has 0 saturated heterocycles. The first-order valence-corrected chi connectivity index (χ1v) is 4.61. The molecule has 2 rings (SSSR count). The smallest absolute Gasteiger partial charge is 0.261 e. The minimum Gasteiger partial charge on any atom is -0.356 e. The monoisotopic (exact) mass is 208 g/mol. The molecule has 0 aromatic heterocycles. The van der Waals surface area contributed by atoms with Crippen molar-refractivity contribution in [2.45, 2.75) is 12.0 Å². The first-order chi connectivity index (χ1) is 7.09. The zero-order valence-corrected chi connectivity index (χ0v) is 7.90. The minimum absolute atomic E-state index is 0.574. The van der Waals surface area contributed by atoms with Crippen molar-refractivity contribution in [3.05, 3.63) is 54.1 Å². The summed E-state index contributed by atoms with van der Waals surface area (Å²) in [5.74, 6) is -2.88. The van der Waals surface area contributed by atoms with Crippen molar-refractivity contribution in [2.24, 2.45) is 0 Å². The van der Waals surface area contributed by atoms with E-state index in [-0.39, 0.29) is 0 Å². The van der Waals surface area contributed by atoms with Gasteiger partial charge >= 0.3 is 0 Å². The van der Waals surface area contributed by atoms with Gasteiger partial charge in [0.15, 0.2) is 6.17 Å². The highest BCUT2D eigenvalue weighted by Crippen LogP contribution is 2.29. The molecule has 0 saturated carbocycles. The highest BCUT2D eigenvalue weighted by atomic mass is 19.2. The van der Waals surface area contributed by atoms with Crippen molar-refractivity contribution in [3.8, 4) is 0 Å². The van der Waals surface area contributed by atoms with Crippen LogP contribution < -0.4 is 0 Å². The molecule has 1 aliphatic carbocycles. The average Bonchev–Trinajstić information content (AvgIpc) is 2.23. The molecule has 3 heteroatoms. The molecular weight excluding hydrogens is 198 g/mol. The van der Waals surface area contributed by atoms with Crippen LogP contribution in [-0.4, -0.2) is 17.1 Å². The van der Waals surface area contributed by atoms with Gasteiger partial charge in [0.25, 0.3) is 5.85 Å². The molecule has 0 fully saturated rings. The van der Waals surface area contributed by atoms with E-state index < -0.39 is 12.0 Å². The Morgan fingerprint density at radius 1 is 1.20 bits per heavy atom. The van der Waals surface area contributed by atoms with Gasteiger partial charge in [-0.15, -0.1) is 0 Å². The maximum atomic E-state index is 13.1. The van der Waals surface area contributed by atoms with E-state index in [1.54, 1.807) is 12.1 Å². The molecule has 78 valence electrons. The highest BCUT2D eigenvalue weighted by Gasteiger charge is 2.35. The zero-order chi connectivity index (χ0) is 10.9. The molecule has 0 amide bonds. The van der Waals surface area contributed by atoms with Gasteiger partial charge in [-0.2, -0.15) is 0 Å². The zero-order valence-electron chi connectivity index (χ0n) is 7.90. The van der Waals surface area contributed by atoms with E-state index >= 15 is 0 Å². The number of aliphatic hydroxyl groups is 1. The summed E-state index contributed by atoms with van der Waals surface area (Å²) < 4.78 is 26.1. The summed E-state index contributed by atoms with van der Waals surface area (Å²) in [4.78, 5) is 0. The van der Waals surface area contributed by atoms with E-state index in [1.807, 2.05) is 18.2 Å². The summed E-state index contributed by atoms with van der Waals surface area (Å²) in [6, 6.07) is 9.06. The summed E-state index contributed by atoms with van der Waals surface area (Å²) in [5.41, 5.74) is 1.37. The van der Waals surface area contributed by atoms with E-state index in [4.69, 9.17) is 5.11 Å². The molecule has 0 bridgehead atoms. The second-order valence-corrected chi connectivity index (χ2v) is 3.45. The number of hydrogen-bond donors (Lipinski definition) is 1. The fourth-order valence-electron chi connectivity index (χ4n) is 1.45. The van der Waals surface area contributed by atoms with Gasteiger partial charge in [0.2, 0.25) is 0 Å². The number of benzene rings is 1. The quantitative estimate of drug-likeness (QED) is 0.752. The Hall–Kier alpha value is -1.48. The van der Waals surface area contributed by atoms with Crippen LogP contribution in [0.3, 0.4) is 0 Å². The topological polar surface area (TPSA) is 20.2 Å². The van der Waals surface area contributed by atoms with Crippen LogP contribution in [0.4, 0.5) is 8.78 Å². The molecule has 0 heterocycles. The molecule has 1 aromatic rings. The lowest BCUT2D eigenvalue weighted by molar-refractivity contribution is -0.0861. The standard InChI is InChI=1S/C12H10F2O/c13-11-8-10(6-7-12(11,14)15)9-4-2-1-3-5-9/h1-8,11,15H. The lowest BCUT2D eigenvalue weighted by Gasteiger charge is -2.21. The third-order valence-corrected chi connectivity index (χ3v) is 2.32. The fourth-order valence-corrected chi connectivity index (χ4v) is 1.45. The summed E-state index contributed by atoms with van der Waals surface area (Å²) in [6.45, 7) is 0. The third-order valence-electron chi connectivity index (χ3n) is 2.32.